The third-order valence-electron chi connectivity index (χ3n) is 0.962. The van der Waals surface area contributed by atoms with Gasteiger partial charge in [-0.2, -0.15) is 0 Å². The molecule has 0 saturated heterocycles. The highest BCUT2D eigenvalue weighted by Crippen LogP contribution is 2.26. The summed E-state index contributed by atoms with van der Waals surface area (Å²) in [5.41, 5.74) is 1.20. The number of hydrogen-bond donors (Lipinski definition) is 2. The topological polar surface area (TPSA) is 27.8 Å². The maximum absolute atomic E-state index is 3.03. The zero-order valence-electron chi connectivity index (χ0n) is 3.15. The van der Waals surface area contributed by atoms with Crippen molar-refractivity contribution in [3.05, 3.63) is 12.3 Å². The van der Waals surface area contributed by atoms with Gasteiger partial charge in [0.2, 0.25) is 0 Å². The zero-order chi connectivity index (χ0) is 3.98. The van der Waals surface area contributed by atoms with E-state index in [2.05, 4.69) is 16.4 Å². The van der Waals surface area contributed by atoms with Gasteiger partial charge in [-0.25, -0.2) is 0 Å². The van der Waals surface area contributed by atoms with Gasteiger partial charge in [0.1, 0.15) is 5.82 Å². The van der Waals surface area contributed by atoms with E-state index in [0.717, 1.165) is 5.82 Å². The van der Waals surface area contributed by atoms with Gasteiger partial charge in [-0.15, -0.1) is 0 Å². The average Bonchev–Trinajstić information content (AvgIpc) is 1.72. The lowest BCUT2D eigenvalue weighted by molar-refractivity contribution is 1.43. The molecule has 2 heteroatoms. The molecule has 0 spiro atoms. The highest BCUT2D eigenvalue weighted by atomic mass is 15.1. The molecule has 3 rings (SSSR count). The zero-order valence-corrected chi connectivity index (χ0v) is 3.15. The highest BCUT2D eigenvalue weighted by Gasteiger charge is 2.05. The minimum atomic E-state index is 1.13. The van der Waals surface area contributed by atoms with Gasteiger partial charge >= 0.3 is 0 Å². The summed E-state index contributed by atoms with van der Waals surface area (Å²) in [7, 11) is 0. The van der Waals surface area contributed by atoms with E-state index in [1.165, 1.54) is 5.69 Å². The van der Waals surface area contributed by atoms with Crippen LogP contribution in [0.4, 0.5) is 11.5 Å². The molecule has 0 atom stereocenters. The Morgan fingerprint density at radius 3 is 2.50 bits per heavy atom. The summed E-state index contributed by atoms with van der Waals surface area (Å²) in [6, 6.07) is 2.06. The summed E-state index contributed by atoms with van der Waals surface area (Å²) in [4.78, 5) is 2.98. The predicted octanol–water partition coefficient (Wildman–Crippen LogP) is 1.07. The van der Waals surface area contributed by atoms with Gasteiger partial charge in [0.25, 0.3) is 0 Å². The third kappa shape index (κ3) is 0.0913. The van der Waals surface area contributed by atoms with Crippen LogP contribution in [0.25, 0.3) is 0 Å². The summed E-state index contributed by atoms with van der Waals surface area (Å²) in [5.74, 6) is 1.13. The first kappa shape index (κ1) is 2.29. The maximum Gasteiger partial charge on any atom is 0.109 e. The molecule has 0 radical (unpaired) electrons. The number of hydrogen-bond acceptors (Lipinski definition) is 1. The van der Waals surface area contributed by atoms with E-state index in [4.69, 9.17) is 0 Å². The molecule has 2 bridgehead atoms. The number of nitrogens with one attached hydrogen (secondary N) is 2. The lowest BCUT2D eigenvalue weighted by Crippen LogP contribution is -1.90. The van der Waals surface area contributed by atoms with Crippen molar-refractivity contribution in [2.24, 2.45) is 0 Å². The first-order valence-corrected chi connectivity index (χ1v) is 1.90. The van der Waals surface area contributed by atoms with Crippen LogP contribution in [0.3, 0.4) is 0 Å². The second-order valence-electron chi connectivity index (χ2n) is 1.43. The Bertz CT molecular complexity index is 142. The summed E-state index contributed by atoms with van der Waals surface area (Å²) in [6.45, 7) is 0. The van der Waals surface area contributed by atoms with Crippen LogP contribution in [0, 0.1) is 0 Å². The molecule has 2 aliphatic heterocycles. The van der Waals surface area contributed by atoms with Crippen LogP contribution in [0.1, 0.15) is 0 Å². The SMILES string of the molecule is c1[nH]c2cc1N2. The van der Waals surface area contributed by atoms with Gasteiger partial charge in [-0.3, -0.25) is 0 Å². The Kier molecular flexibility index (Phi) is 0.179. The molecule has 0 saturated carbocycles. The Hall–Kier alpha value is -0.920. The van der Waals surface area contributed by atoms with Crippen molar-refractivity contribution >= 4 is 11.5 Å². The highest BCUT2D eigenvalue weighted by molar-refractivity contribution is 5.71. The van der Waals surface area contributed by atoms with Gasteiger partial charge in [0.05, 0.1) is 5.69 Å². The fraction of sp³-hybridized carbons (Fsp3) is 0. The van der Waals surface area contributed by atoms with Crippen molar-refractivity contribution in [1.82, 2.24) is 4.98 Å². The maximum atomic E-state index is 3.03. The molecule has 0 unspecified atom stereocenters. The molecule has 2 aliphatic rings. The number of aromatic nitrogens is 1. The van der Waals surface area contributed by atoms with E-state index in [1.54, 1.807) is 0 Å². The quantitative estimate of drug-likeness (QED) is 0.486. The minimum absolute atomic E-state index is 1.13. The molecule has 0 amide bonds. The molecule has 2 nitrogen and oxygen atoms in total. The first-order valence-electron chi connectivity index (χ1n) is 1.90. The average molecular weight is 80.1 g/mol. The Morgan fingerprint density at radius 2 is 2.33 bits per heavy atom. The molecule has 0 fully saturated rings. The second kappa shape index (κ2) is 0.469. The Morgan fingerprint density at radius 1 is 1.50 bits per heavy atom. The number of H-pyrrole nitrogens is 1. The molecule has 2 N–H and O–H groups in total. The molecule has 3 heterocycles. The summed E-state index contributed by atoms with van der Waals surface area (Å²) in [6.07, 6.45) is 1.94. The number of fused-ring (bicyclic) bond motifs is 1. The summed E-state index contributed by atoms with van der Waals surface area (Å²) in [5, 5.41) is 3.03. The predicted molar refractivity (Wildman–Crippen MR) is 24.1 cm³/mol. The monoisotopic (exact) mass is 80.0 g/mol. The fourth-order valence-electron chi connectivity index (χ4n) is 0.616. The van der Waals surface area contributed by atoms with Crippen molar-refractivity contribution in [2.45, 2.75) is 0 Å². The van der Waals surface area contributed by atoms with Gasteiger partial charge in [-0.05, 0) is 0 Å². The molecule has 1 aromatic rings. The van der Waals surface area contributed by atoms with Crippen molar-refractivity contribution < 1.29 is 0 Å². The van der Waals surface area contributed by atoms with Crippen LogP contribution < -0.4 is 5.32 Å². The van der Waals surface area contributed by atoms with Gasteiger partial charge < -0.3 is 10.3 Å². The van der Waals surface area contributed by atoms with Crippen LogP contribution in [0.2, 0.25) is 0 Å². The van der Waals surface area contributed by atoms with Crippen LogP contribution in [-0.4, -0.2) is 4.98 Å². The Labute approximate surface area is 35.2 Å². The number of rotatable bonds is 0. The summed E-state index contributed by atoms with van der Waals surface area (Å²) >= 11 is 0. The fourth-order valence-corrected chi connectivity index (χ4v) is 0.616. The smallest absolute Gasteiger partial charge is 0.109 e. The van der Waals surface area contributed by atoms with Crippen molar-refractivity contribution in [3.63, 3.8) is 0 Å². The van der Waals surface area contributed by atoms with Gasteiger partial charge in [0, 0.05) is 12.3 Å². The molecule has 6 heavy (non-hydrogen) atoms. The largest absolute Gasteiger partial charge is 0.346 e. The normalized spacial score (nSPS) is 12.7. The van der Waals surface area contributed by atoms with E-state index in [-0.39, 0.29) is 0 Å². The molecular weight excluding hydrogens is 76.1 g/mol. The molecule has 0 aliphatic carbocycles. The molecule has 1 aromatic heterocycles. The van der Waals surface area contributed by atoms with Crippen molar-refractivity contribution in [1.29, 1.82) is 0 Å². The van der Waals surface area contributed by atoms with Gasteiger partial charge in [0.15, 0.2) is 0 Å². The van der Waals surface area contributed by atoms with E-state index < -0.39 is 0 Å². The standard InChI is InChI=1S/C4H4N2/c1-3-2-5-4(1)6-3/h1-2,5-6H. The molecule has 30 valence electrons. The van der Waals surface area contributed by atoms with Crippen LogP contribution in [-0.2, 0) is 0 Å². The van der Waals surface area contributed by atoms with E-state index >= 15 is 0 Å². The number of anilines is 2. The van der Waals surface area contributed by atoms with Crippen molar-refractivity contribution in [2.75, 3.05) is 5.32 Å². The number of aromatic amines is 1. The summed E-state index contributed by atoms with van der Waals surface area (Å²) < 4.78 is 0. The van der Waals surface area contributed by atoms with E-state index in [1.807, 2.05) is 6.20 Å². The van der Waals surface area contributed by atoms with Gasteiger partial charge in [-0.1, -0.05) is 0 Å². The lowest BCUT2D eigenvalue weighted by Gasteiger charge is -2.02. The molecular formula is C4H4N2. The van der Waals surface area contributed by atoms with Crippen molar-refractivity contribution in [3.8, 4) is 0 Å². The second-order valence-corrected chi connectivity index (χ2v) is 1.43. The third-order valence-corrected chi connectivity index (χ3v) is 0.962. The van der Waals surface area contributed by atoms with E-state index in [9.17, 15) is 0 Å². The van der Waals surface area contributed by atoms with Crippen LogP contribution in [0.15, 0.2) is 12.3 Å². The first-order chi connectivity index (χ1) is 2.95. The minimum Gasteiger partial charge on any atom is -0.346 e. The molecule has 0 aromatic carbocycles. The van der Waals surface area contributed by atoms with Crippen LogP contribution in [0.5, 0.6) is 0 Å². The Balaban J connectivity index is 2.95. The van der Waals surface area contributed by atoms with E-state index in [0.29, 0.717) is 0 Å². The van der Waals surface area contributed by atoms with Crippen LogP contribution >= 0.6 is 0 Å². The lowest BCUT2D eigenvalue weighted by atomic mass is 10.4.